The molecule has 0 aliphatic carbocycles. The summed E-state index contributed by atoms with van der Waals surface area (Å²) >= 11 is 0. The number of allylic oxidation sites excluding steroid dienone is 1. The number of benzene rings is 4. The van der Waals surface area contributed by atoms with Gasteiger partial charge in [-0.1, -0.05) is 127 Å². The molecule has 5 aromatic rings. The highest BCUT2D eigenvalue weighted by Gasteiger charge is 2.38. The Morgan fingerprint density at radius 1 is 0.618 bits per heavy atom. The third kappa shape index (κ3) is 4.35. The minimum absolute atomic E-state index is 0.521. The summed E-state index contributed by atoms with van der Waals surface area (Å²) in [5.41, 5.74) is 5.39. The van der Waals surface area contributed by atoms with Gasteiger partial charge >= 0.3 is 0 Å². The van der Waals surface area contributed by atoms with Crippen LogP contribution >= 0.6 is 0 Å². The molecule has 0 saturated carbocycles. The Balaban J connectivity index is 1.55. The zero-order valence-corrected chi connectivity index (χ0v) is 19.2. The molecule has 5 rings (SSSR count). The number of rotatable bonds is 8. The molecule has 0 unspecified atom stereocenters. The quantitative estimate of drug-likeness (QED) is 0.230. The van der Waals surface area contributed by atoms with Crippen LogP contribution in [0.3, 0.4) is 0 Å². The average molecular weight is 441 g/mol. The average Bonchev–Trinajstić information content (AvgIpc) is 3.39. The van der Waals surface area contributed by atoms with Gasteiger partial charge in [0.15, 0.2) is 0 Å². The van der Waals surface area contributed by atoms with Gasteiger partial charge in [-0.15, -0.1) is 0 Å². The van der Waals surface area contributed by atoms with Crippen molar-refractivity contribution < 1.29 is 0 Å². The normalized spacial score (nSPS) is 11.6. The fraction of sp³-hybridized carbons (Fsp3) is 0.0938. The lowest BCUT2D eigenvalue weighted by molar-refractivity contribution is 0.514. The summed E-state index contributed by atoms with van der Waals surface area (Å²) in [5, 5.41) is 0. The molecule has 34 heavy (non-hydrogen) atoms. The van der Waals surface area contributed by atoms with Crippen molar-refractivity contribution in [2.75, 3.05) is 0 Å². The predicted octanol–water partition coefficient (Wildman–Crippen LogP) is 7.37. The molecule has 4 aromatic carbocycles. The highest BCUT2D eigenvalue weighted by Crippen LogP contribution is 2.40. The molecule has 0 spiro atoms. The van der Waals surface area contributed by atoms with E-state index in [0.29, 0.717) is 0 Å². The van der Waals surface area contributed by atoms with Gasteiger partial charge in [0.1, 0.15) is 5.54 Å². The zero-order chi connectivity index (χ0) is 23.1. The maximum absolute atomic E-state index is 4.78. The van der Waals surface area contributed by atoms with E-state index >= 15 is 0 Å². The van der Waals surface area contributed by atoms with Gasteiger partial charge in [-0.2, -0.15) is 0 Å². The van der Waals surface area contributed by atoms with Crippen LogP contribution in [0, 0.1) is 0 Å². The predicted molar refractivity (Wildman–Crippen MR) is 141 cm³/mol. The van der Waals surface area contributed by atoms with Gasteiger partial charge in [-0.05, 0) is 41.2 Å². The summed E-state index contributed by atoms with van der Waals surface area (Å²) in [6.07, 6.45) is 10.5. The first-order valence-electron chi connectivity index (χ1n) is 11.8. The molecule has 0 bridgehead atoms. The molecule has 0 radical (unpaired) electrons. The van der Waals surface area contributed by atoms with E-state index in [1.165, 1.54) is 22.3 Å². The standard InChI is InChI=1S/C32H28N2/c1-5-15-27(16-6-1)17-13-14-24-31-25-34(26-33-31)32(28-18-7-2-8-19-28,29-20-9-3-10-21-29)30-22-11-4-12-23-30/h1-12,14-16,18-26H,13,17H2/b24-14+. The Kier molecular flexibility index (Phi) is 6.49. The second-order valence-electron chi connectivity index (χ2n) is 8.44. The number of nitrogens with zero attached hydrogens (tertiary/aromatic N) is 2. The Bertz CT molecular complexity index is 1220. The molecular formula is C32H28N2. The molecule has 2 nitrogen and oxygen atoms in total. The van der Waals surface area contributed by atoms with Crippen LogP contribution in [-0.2, 0) is 12.0 Å². The van der Waals surface area contributed by atoms with E-state index in [1.54, 1.807) is 0 Å². The van der Waals surface area contributed by atoms with E-state index in [9.17, 15) is 0 Å². The topological polar surface area (TPSA) is 17.8 Å². The van der Waals surface area contributed by atoms with Crippen LogP contribution in [-0.4, -0.2) is 9.55 Å². The van der Waals surface area contributed by atoms with E-state index in [1.807, 2.05) is 6.33 Å². The van der Waals surface area contributed by atoms with E-state index in [4.69, 9.17) is 4.98 Å². The molecule has 0 aliphatic rings. The van der Waals surface area contributed by atoms with Gasteiger partial charge < -0.3 is 4.57 Å². The first kappa shape index (κ1) is 21.7. The molecule has 166 valence electrons. The number of hydrogen-bond acceptors (Lipinski definition) is 1. The molecule has 1 heterocycles. The number of hydrogen-bond donors (Lipinski definition) is 0. The summed E-state index contributed by atoms with van der Waals surface area (Å²) in [4.78, 5) is 4.78. The molecular weight excluding hydrogens is 412 g/mol. The smallest absolute Gasteiger partial charge is 0.121 e. The van der Waals surface area contributed by atoms with Gasteiger partial charge in [0, 0.05) is 6.20 Å². The van der Waals surface area contributed by atoms with Crippen molar-refractivity contribution in [1.29, 1.82) is 0 Å². The van der Waals surface area contributed by atoms with Crippen LogP contribution < -0.4 is 0 Å². The molecule has 0 saturated heterocycles. The minimum Gasteiger partial charge on any atom is -0.318 e. The Morgan fingerprint density at radius 2 is 1.09 bits per heavy atom. The van der Waals surface area contributed by atoms with Crippen molar-refractivity contribution >= 4 is 6.08 Å². The summed E-state index contributed by atoms with van der Waals surface area (Å²) in [6.45, 7) is 0. The SMILES string of the molecule is C(=C\c1cn(C(c2ccccc2)(c2ccccc2)c2ccccc2)cn1)/CCc1ccccc1. The maximum atomic E-state index is 4.78. The largest absolute Gasteiger partial charge is 0.318 e. The molecule has 0 amide bonds. The summed E-state index contributed by atoms with van der Waals surface area (Å²) in [6, 6.07) is 42.7. The first-order valence-corrected chi connectivity index (χ1v) is 11.8. The van der Waals surface area contributed by atoms with Gasteiger partial charge in [0.25, 0.3) is 0 Å². The van der Waals surface area contributed by atoms with E-state index in [2.05, 4.69) is 144 Å². The lowest BCUT2D eigenvalue weighted by Crippen LogP contribution is -2.36. The Morgan fingerprint density at radius 3 is 1.59 bits per heavy atom. The summed E-state index contributed by atoms with van der Waals surface area (Å²) < 4.78 is 2.25. The zero-order valence-electron chi connectivity index (χ0n) is 19.2. The van der Waals surface area contributed by atoms with Crippen molar-refractivity contribution in [1.82, 2.24) is 9.55 Å². The van der Waals surface area contributed by atoms with Crippen LogP contribution in [0.25, 0.3) is 6.08 Å². The fourth-order valence-corrected chi connectivity index (χ4v) is 4.69. The van der Waals surface area contributed by atoms with Gasteiger partial charge in [-0.3, -0.25) is 0 Å². The number of aromatic nitrogens is 2. The monoisotopic (exact) mass is 440 g/mol. The molecule has 0 N–H and O–H groups in total. The molecule has 0 fully saturated rings. The highest BCUT2D eigenvalue weighted by atomic mass is 15.1. The molecule has 0 atom stereocenters. The van der Waals surface area contributed by atoms with Crippen LogP contribution in [0.4, 0.5) is 0 Å². The second-order valence-corrected chi connectivity index (χ2v) is 8.44. The van der Waals surface area contributed by atoms with Gasteiger partial charge in [-0.25, -0.2) is 4.98 Å². The van der Waals surface area contributed by atoms with Crippen LogP contribution in [0.15, 0.2) is 140 Å². The third-order valence-corrected chi connectivity index (χ3v) is 6.30. The lowest BCUT2D eigenvalue weighted by atomic mass is 9.77. The van der Waals surface area contributed by atoms with E-state index in [-0.39, 0.29) is 0 Å². The van der Waals surface area contributed by atoms with Gasteiger partial charge in [0.05, 0.1) is 12.0 Å². The maximum Gasteiger partial charge on any atom is 0.121 e. The fourth-order valence-electron chi connectivity index (χ4n) is 4.69. The summed E-state index contributed by atoms with van der Waals surface area (Å²) in [5.74, 6) is 0. The second kappa shape index (κ2) is 10.2. The van der Waals surface area contributed by atoms with Crippen molar-refractivity contribution in [2.45, 2.75) is 18.4 Å². The highest BCUT2D eigenvalue weighted by molar-refractivity contribution is 5.52. The Labute approximate surface area is 201 Å². The van der Waals surface area contributed by atoms with E-state index in [0.717, 1.165) is 18.5 Å². The van der Waals surface area contributed by atoms with Crippen molar-refractivity contribution in [3.8, 4) is 0 Å². The summed E-state index contributed by atoms with van der Waals surface area (Å²) in [7, 11) is 0. The molecule has 1 aromatic heterocycles. The van der Waals surface area contributed by atoms with Crippen molar-refractivity contribution in [3.63, 3.8) is 0 Å². The van der Waals surface area contributed by atoms with E-state index < -0.39 is 5.54 Å². The number of aryl methyl sites for hydroxylation is 1. The van der Waals surface area contributed by atoms with Crippen LogP contribution in [0.2, 0.25) is 0 Å². The lowest BCUT2D eigenvalue weighted by Gasteiger charge is -2.37. The first-order chi connectivity index (χ1) is 16.9. The molecule has 2 heteroatoms. The third-order valence-electron chi connectivity index (χ3n) is 6.30. The minimum atomic E-state index is -0.521. The van der Waals surface area contributed by atoms with Gasteiger partial charge in [0.2, 0.25) is 0 Å². The Hall–Kier alpha value is -4.17. The van der Waals surface area contributed by atoms with Crippen molar-refractivity contribution in [2.24, 2.45) is 0 Å². The molecule has 0 aliphatic heterocycles. The van der Waals surface area contributed by atoms with Crippen LogP contribution in [0.1, 0.15) is 34.4 Å². The number of imidazole rings is 1. The van der Waals surface area contributed by atoms with Crippen molar-refractivity contribution in [3.05, 3.63) is 168 Å². The van der Waals surface area contributed by atoms with Crippen LogP contribution in [0.5, 0.6) is 0 Å².